The molecule has 2 unspecified atom stereocenters. The maximum atomic E-state index is 12.1. The topological polar surface area (TPSA) is 26.3 Å². The fourth-order valence-electron chi connectivity index (χ4n) is 2.77. The summed E-state index contributed by atoms with van der Waals surface area (Å²) in [5, 5.41) is 0. The van der Waals surface area contributed by atoms with Crippen molar-refractivity contribution in [3.63, 3.8) is 0 Å². The van der Waals surface area contributed by atoms with Gasteiger partial charge in [0.2, 0.25) is 0 Å². The van der Waals surface area contributed by atoms with Crippen LogP contribution >= 0.6 is 0 Å². The highest BCUT2D eigenvalue weighted by Gasteiger charge is 2.30. The minimum Gasteiger partial charge on any atom is -0.462 e. The smallest absolute Gasteiger partial charge is 0.313 e. The van der Waals surface area contributed by atoms with E-state index in [-0.39, 0.29) is 18.0 Å². The molecule has 1 fully saturated rings. The molecule has 0 radical (unpaired) electrons. The molecule has 2 atom stereocenters. The molecule has 1 heterocycles. The Balaban J connectivity index is 1.80. The summed E-state index contributed by atoms with van der Waals surface area (Å²) in [5.41, 5.74) is 1.09. The molecule has 1 aromatic rings. The molecule has 0 aromatic heterocycles. The molecule has 2 nitrogen and oxygen atoms in total. The molecule has 0 bridgehead atoms. The van der Waals surface area contributed by atoms with E-state index in [0.29, 0.717) is 0 Å². The average Bonchev–Trinajstić information content (AvgIpc) is 2.45. The third-order valence-corrected chi connectivity index (χ3v) is 3.93. The fraction of sp³-hybridized carbons (Fsp3) is 0.588. The minimum absolute atomic E-state index is 0.0297. The Morgan fingerprint density at radius 2 is 1.89 bits per heavy atom. The predicted octanol–water partition coefficient (Wildman–Crippen LogP) is 4.45. The molecule has 1 aliphatic rings. The van der Waals surface area contributed by atoms with E-state index in [4.69, 9.17) is 4.74 Å². The molecular weight excluding hydrogens is 236 g/mol. The monoisotopic (exact) mass is 260 g/mol. The van der Waals surface area contributed by atoms with E-state index in [1.54, 1.807) is 0 Å². The van der Waals surface area contributed by atoms with Gasteiger partial charge in [-0.1, -0.05) is 56.5 Å². The lowest BCUT2D eigenvalue weighted by molar-refractivity contribution is -0.156. The highest BCUT2D eigenvalue weighted by Crippen LogP contribution is 2.30. The van der Waals surface area contributed by atoms with Gasteiger partial charge in [-0.25, -0.2) is 0 Å². The first kappa shape index (κ1) is 14.1. The van der Waals surface area contributed by atoms with E-state index in [1.165, 1.54) is 25.7 Å². The van der Waals surface area contributed by atoms with Crippen molar-refractivity contribution >= 4 is 5.97 Å². The number of ether oxygens (including phenoxy) is 1. The summed E-state index contributed by atoms with van der Waals surface area (Å²) in [6.45, 7) is 2.21. The predicted molar refractivity (Wildman–Crippen MR) is 77.1 cm³/mol. The van der Waals surface area contributed by atoms with Crippen LogP contribution in [0.25, 0.3) is 0 Å². The molecule has 0 spiro atoms. The van der Waals surface area contributed by atoms with Gasteiger partial charge in [0.25, 0.3) is 0 Å². The highest BCUT2D eigenvalue weighted by molar-refractivity contribution is 5.78. The largest absolute Gasteiger partial charge is 0.462 e. The lowest BCUT2D eigenvalue weighted by atomic mass is 9.89. The number of carbonyl (C=O) groups is 1. The number of benzene rings is 1. The summed E-state index contributed by atoms with van der Waals surface area (Å²) in [4.78, 5) is 12.1. The number of esters is 1. The normalized spacial score (nSPS) is 23.1. The third kappa shape index (κ3) is 4.09. The fourth-order valence-corrected chi connectivity index (χ4v) is 2.77. The van der Waals surface area contributed by atoms with Crippen molar-refractivity contribution in [1.29, 1.82) is 0 Å². The first-order valence-corrected chi connectivity index (χ1v) is 7.56. The van der Waals surface area contributed by atoms with E-state index >= 15 is 0 Å². The number of hydrogen-bond acceptors (Lipinski definition) is 2. The van der Waals surface area contributed by atoms with Gasteiger partial charge in [0.1, 0.15) is 6.10 Å². The maximum absolute atomic E-state index is 12.1. The quantitative estimate of drug-likeness (QED) is 0.558. The number of unbranched alkanes of at least 4 members (excludes halogenated alkanes) is 3. The first-order valence-electron chi connectivity index (χ1n) is 7.56. The number of cyclic esters (lactones) is 1. The van der Waals surface area contributed by atoms with Crippen LogP contribution in [0, 0.1) is 0 Å². The van der Waals surface area contributed by atoms with Crippen molar-refractivity contribution in [2.75, 3.05) is 0 Å². The van der Waals surface area contributed by atoms with Gasteiger partial charge in [0.15, 0.2) is 0 Å². The Kier molecular flexibility index (Phi) is 5.44. The lowest BCUT2D eigenvalue weighted by Gasteiger charge is -2.28. The van der Waals surface area contributed by atoms with E-state index in [9.17, 15) is 4.79 Å². The van der Waals surface area contributed by atoms with Crippen LogP contribution in [-0.4, -0.2) is 12.1 Å². The Morgan fingerprint density at radius 3 is 2.58 bits per heavy atom. The molecule has 0 amide bonds. The molecule has 1 aromatic carbocycles. The summed E-state index contributed by atoms with van der Waals surface area (Å²) in [7, 11) is 0. The van der Waals surface area contributed by atoms with Crippen molar-refractivity contribution in [3.8, 4) is 0 Å². The molecule has 0 saturated carbocycles. The zero-order valence-corrected chi connectivity index (χ0v) is 11.8. The van der Waals surface area contributed by atoms with Gasteiger partial charge in [0, 0.05) is 0 Å². The van der Waals surface area contributed by atoms with Crippen molar-refractivity contribution in [2.24, 2.45) is 0 Å². The molecule has 1 saturated heterocycles. The summed E-state index contributed by atoms with van der Waals surface area (Å²) in [6.07, 6.45) is 8.11. The van der Waals surface area contributed by atoms with Crippen LogP contribution in [0.5, 0.6) is 0 Å². The van der Waals surface area contributed by atoms with Crippen molar-refractivity contribution < 1.29 is 9.53 Å². The Morgan fingerprint density at radius 1 is 1.11 bits per heavy atom. The lowest BCUT2D eigenvalue weighted by Crippen LogP contribution is -2.29. The van der Waals surface area contributed by atoms with E-state index in [2.05, 4.69) is 6.92 Å². The second-order valence-corrected chi connectivity index (χ2v) is 5.45. The SMILES string of the molecule is CCCCCCC1CCC(c2ccccc2)C(=O)O1. The molecule has 0 aliphatic carbocycles. The van der Waals surface area contributed by atoms with Crippen LogP contribution in [0.3, 0.4) is 0 Å². The number of rotatable bonds is 6. The number of hydrogen-bond donors (Lipinski definition) is 0. The summed E-state index contributed by atoms with van der Waals surface area (Å²) >= 11 is 0. The van der Waals surface area contributed by atoms with Gasteiger partial charge in [0.05, 0.1) is 5.92 Å². The van der Waals surface area contributed by atoms with E-state index in [0.717, 1.165) is 24.8 Å². The van der Waals surface area contributed by atoms with E-state index in [1.807, 2.05) is 30.3 Å². The Bertz CT molecular complexity index is 386. The van der Waals surface area contributed by atoms with Crippen molar-refractivity contribution in [1.82, 2.24) is 0 Å². The average molecular weight is 260 g/mol. The highest BCUT2D eigenvalue weighted by atomic mass is 16.5. The maximum Gasteiger partial charge on any atom is 0.313 e. The van der Waals surface area contributed by atoms with Crippen LogP contribution in [-0.2, 0) is 9.53 Å². The molecule has 19 heavy (non-hydrogen) atoms. The van der Waals surface area contributed by atoms with Crippen LogP contribution in [0.4, 0.5) is 0 Å². The van der Waals surface area contributed by atoms with Gasteiger partial charge in [-0.15, -0.1) is 0 Å². The Hall–Kier alpha value is -1.31. The van der Waals surface area contributed by atoms with Crippen molar-refractivity contribution in [2.45, 2.75) is 63.9 Å². The minimum atomic E-state index is -0.0481. The summed E-state index contributed by atoms with van der Waals surface area (Å²) in [5.74, 6) is -0.0777. The van der Waals surface area contributed by atoms with Gasteiger partial charge < -0.3 is 4.74 Å². The van der Waals surface area contributed by atoms with Gasteiger partial charge in [-0.05, 0) is 31.2 Å². The second kappa shape index (κ2) is 7.32. The van der Waals surface area contributed by atoms with Crippen LogP contribution in [0.1, 0.15) is 63.4 Å². The second-order valence-electron chi connectivity index (χ2n) is 5.45. The summed E-state index contributed by atoms with van der Waals surface area (Å²) < 4.78 is 5.59. The van der Waals surface area contributed by atoms with Crippen LogP contribution < -0.4 is 0 Å². The van der Waals surface area contributed by atoms with Gasteiger partial charge in [-0.2, -0.15) is 0 Å². The standard InChI is InChI=1S/C17H24O2/c1-2-3-4-8-11-15-12-13-16(17(18)19-15)14-9-6-5-7-10-14/h5-7,9-10,15-16H,2-4,8,11-13H2,1H3. The molecule has 2 rings (SSSR count). The third-order valence-electron chi connectivity index (χ3n) is 3.93. The van der Waals surface area contributed by atoms with Gasteiger partial charge >= 0.3 is 5.97 Å². The van der Waals surface area contributed by atoms with Crippen LogP contribution in [0.15, 0.2) is 30.3 Å². The first-order chi connectivity index (χ1) is 9.31. The van der Waals surface area contributed by atoms with Crippen LogP contribution in [0.2, 0.25) is 0 Å². The zero-order chi connectivity index (χ0) is 13.5. The Labute approximate surface area is 116 Å². The molecule has 0 N–H and O–H groups in total. The zero-order valence-electron chi connectivity index (χ0n) is 11.8. The molecule has 2 heteroatoms. The number of carbonyl (C=O) groups excluding carboxylic acids is 1. The molecule has 1 aliphatic heterocycles. The van der Waals surface area contributed by atoms with Gasteiger partial charge in [-0.3, -0.25) is 4.79 Å². The summed E-state index contributed by atoms with van der Waals surface area (Å²) in [6, 6.07) is 9.99. The molecular formula is C17H24O2. The van der Waals surface area contributed by atoms with E-state index < -0.39 is 0 Å². The molecule has 104 valence electrons. The van der Waals surface area contributed by atoms with Crippen molar-refractivity contribution in [3.05, 3.63) is 35.9 Å².